The minimum Gasteiger partial charge on any atom is -0.481 e. The molecule has 1 heterocycles. The van der Waals surface area contributed by atoms with E-state index in [1.807, 2.05) is 18.2 Å². The highest BCUT2D eigenvalue weighted by Crippen LogP contribution is 2.41. The molecule has 1 N–H and O–H groups in total. The summed E-state index contributed by atoms with van der Waals surface area (Å²) in [7, 11) is 0. The monoisotopic (exact) mass is 279 g/mol. The van der Waals surface area contributed by atoms with Gasteiger partial charge in [0.25, 0.3) is 0 Å². The predicted octanol–water partition coefficient (Wildman–Crippen LogP) is 2.92. The standard InChI is InChI=1S/C15H18ClNO2/c16-13-4-2-1-3-12(13)15(14(18)19)7-9-17(10-8-15)11-5-6-11/h1-4,11H,5-10H2,(H,18,19). The van der Waals surface area contributed by atoms with Crippen molar-refractivity contribution in [2.75, 3.05) is 13.1 Å². The summed E-state index contributed by atoms with van der Waals surface area (Å²) in [5, 5.41) is 10.3. The molecule has 0 bridgehead atoms. The molecule has 1 aromatic carbocycles. The molecule has 102 valence electrons. The zero-order valence-electron chi connectivity index (χ0n) is 10.8. The van der Waals surface area contributed by atoms with Crippen LogP contribution in [0.4, 0.5) is 0 Å². The van der Waals surface area contributed by atoms with Crippen LogP contribution >= 0.6 is 11.6 Å². The van der Waals surface area contributed by atoms with Crippen LogP contribution in [-0.4, -0.2) is 35.1 Å². The maximum absolute atomic E-state index is 11.8. The molecule has 0 atom stereocenters. The van der Waals surface area contributed by atoms with Crippen molar-refractivity contribution < 1.29 is 9.90 Å². The van der Waals surface area contributed by atoms with Crippen molar-refractivity contribution >= 4 is 17.6 Å². The van der Waals surface area contributed by atoms with Crippen molar-refractivity contribution in [1.29, 1.82) is 0 Å². The van der Waals surface area contributed by atoms with Gasteiger partial charge in [-0.1, -0.05) is 29.8 Å². The van der Waals surface area contributed by atoms with Crippen LogP contribution < -0.4 is 0 Å². The fourth-order valence-electron chi connectivity index (χ4n) is 3.16. The lowest BCUT2D eigenvalue weighted by Gasteiger charge is -2.39. The van der Waals surface area contributed by atoms with Crippen molar-refractivity contribution in [3.05, 3.63) is 34.9 Å². The summed E-state index contributed by atoms with van der Waals surface area (Å²) in [6.45, 7) is 1.73. The van der Waals surface area contributed by atoms with Gasteiger partial charge in [-0.2, -0.15) is 0 Å². The Morgan fingerprint density at radius 2 is 1.89 bits per heavy atom. The Balaban J connectivity index is 1.89. The molecule has 1 aromatic rings. The van der Waals surface area contributed by atoms with E-state index in [1.165, 1.54) is 12.8 Å². The SMILES string of the molecule is O=C(O)C1(c2ccccc2Cl)CCN(C2CC2)CC1. The molecule has 3 nitrogen and oxygen atoms in total. The number of likely N-dealkylation sites (tertiary alicyclic amines) is 1. The third-order valence-corrected chi connectivity index (χ3v) is 4.84. The van der Waals surface area contributed by atoms with E-state index in [4.69, 9.17) is 11.6 Å². The minimum atomic E-state index is -0.802. The third-order valence-electron chi connectivity index (χ3n) is 4.51. The van der Waals surface area contributed by atoms with Crippen LogP contribution in [0.3, 0.4) is 0 Å². The van der Waals surface area contributed by atoms with Gasteiger partial charge in [-0.3, -0.25) is 4.79 Å². The number of nitrogens with zero attached hydrogens (tertiary/aromatic N) is 1. The number of hydrogen-bond acceptors (Lipinski definition) is 2. The van der Waals surface area contributed by atoms with Crippen molar-refractivity contribution in [3.63, 3.8) is 0 Å². The van der Waals surface area contributed by atoms with Crippen LogP contribution in [-0.2, 0) is 10.2 Å². The normalized spacial score (nSPS) is 23.2. The molecular weight excluding hydrogens is 262 g/mol. The van der Waals surface area contributed by atoms with Gasteiger partial charge in [0, 0.05) is 11.1 Å². The topological polar surface area (TPSA) is 40.5 Å². The first-order chi connectivity index (χ1) is 9.13. The lowest BCUT2D eigenvalue weighted by atomic mass is 9.72. The molecular formula is C15H18ClNO2. The predicted molar refractivity (Wildman–Crippen MR) is 74.6 cm³/mol. The van der Waals surface area contributed by atoms with E-state index in [-0.39, 0.29) is 0 Å². The summed E-state index contributed by atoms with van der Waals surface area (Å²) in [5.74, 6) is -0.740. The summed E-state index contributed by atoms with van der Waals surface area (Å²) in [6.07, 6.45) is 3.85. The maximum Gasteiger partial charge on any atom is 0.314 e. The maximum atomic E-state index is 11.8. The lowest BCUT2D eigenvalue weighted by Crippen LogP contribution is -2.48. The van der Waals surface area contributed by atoms with Gasteiger partial charge < -0.3 is 10.0 Å². The highest BCUT2D eigenvalue weighted by Gasteiger charge is 2.46. The fraction of sp³-hybridized carbons (Fsp3) is 0.533. The van der Waals surface area contributed by atoms with Crippen molar-refractivity contribution in [2.24, 2.45) is 0 Å². The van der Waals surface area contributed by atoms with Crippen molar-refractivity contribution in [3.8, 4) is 0 Å². The van der Waals surface area contributed by atoms with Crippen molar-refractivity contribution in [2.45, 2.75) is 37.1 Å². The van der Waals surface area contributed by atoms with Gasteiger partial charge >= 0.3 is 5.97 Å². The van der Waals surface area contributed by atoms with E-state index in [9.17, 15) is 9.90 Å². The molecule has 4 heteroatoms. The summed E-state index contributed by atoms with van der Waals surface area (Å²) in [5.41, 5.74) is -0.0244. The van der Waals surface area contributed by atoms with Crippen LogP contribution in [0.15, 0.2) is 24.3 Å². The molecule has 1 saturated carbocycles. The Bertz CT molecular complexity index is 491. The molecule has 19 heavy (non-hydrogen) atoms. The molecule has 1 aliphatic carbocycles. The zero-order valence-corrected chi connectivity index (χ0v) is 11.6. The van der Waals surface area contributed by atoms with E-state index >= 15 is 0 Å². The van der Waals surface area contributed by atoms with Crippen LogP contribution in [0.25, 0.3) is 0 Å². The number of carboxylic acids is 1. The van der Waals surface area contributed by atoms with Crippen molar-refractivity contribution in [1.82, 2.24) is 4.90 Å². The number of benzene rings is 1. The van der Waals surface area contributed by atoms with Gasteiger partial charge in [0.05, 0.1) is 5.41 Å². The first-order valence-electron chi connectivity index (χ1n) is 6.86. The average Bonchev–Trinajstić information content (AvgIpc) is 3.23. The zero-order chi connectivity index (χ0) is 13.5. The molecule has 0 radical (unpaired) electrons. The first-order valence-corrected chi connectivity index (χ1v) is 7.24. The smallest absolute Gasteiger partial charge is 0.314 e. The highest BCUT2D eigenvalue weighted by atomic mass is 35.5. The molecule has 0 unspecified atom stereocenters. The number of carbonyl (C=O) groups is 1. The number of piperidine rings is 1. The molecule has 2 fully saturated rings. The summed E-state index contributed by atoms with van der Waals surface area (Å²) < 4.78 is 0. The third kappa shape index (κ3) is 2.26. The van der Waals surface area contributed by atoms with Gasteiger partial charge in [0.2, 0.25) is 0 Å². The van der Waals surface area contributed by atoms with E-state index in [0.29, 0.717) is 23.9 Å². The second-order valence-electron chi connectivity index (χ2n) is 5.63. The molecule has 1 aliphatic heterocycles. The summed E-state index contributed by atoms with van der Waals surface area (Å²) in [4.78, 5) is 14.3. The quantitative estimate of drug-likeness (QED) is 0.925. The highest BCUT2D eigenvalue weighted by molar-refractivity contribution is 6.31. The lowest BCUT2D eigenvalue weighted by molar-refractivity contribution is -0.146. The molecule has 0 aromatic heterocycles. The second kappa shape index (κ2) is 4.80. The first kappa shape index (κ1) is 12.9. The summed E-state index contributed by atoms with van der Waals surface area (Å²) >= 11 is 6.23. The fourth-order valence-corrected chi connectivity index (χ4v) is 3.47. The molecule has 0 amide bonds. The number of halogens is 1. The van der Waals surface area contributed by atoms with Gasteiger partial charge in [-0.15, -0.1) is 0 Å². The van der Waals surface area contributed by atoms with Crippen LogP contribution in [0.2, 0.25) is 5.02 Å². The Morgan fingerprint density at radius 3 is 2.42 bits per heavy atom. The van der Waals surface area contributed by atoms with Crippen LogP contribution in [0.1, 0.15) is 31.2 Å². The van der Waals surface area contributed by atoms with Gasteiger partial charge in [-0.05, 0) is 50.4 Å². The van der Waals surface area contributed by atoms with Gasteiger partial charge in [0.1, 0.15) is 0 Å². The van der Waals surface area contributed by atoms with E-state index in [1.54, 1.807) is 6.07 Å². The number of carboxylic acid groups (broad SMARTS) is 1. The average molecular weight is 280 g/mol. The largest absolute Gasteiger partial charge is 0.481 e. The van der Waals surface area contributed by atoms with E-state index < -0.39 is 11.4 Å². The van der Waals surface area contributed by atoms with E-state index in [2.05, 4.69) is 4.90 Å². The Hall–Kier alpha value is -1.06. The Morgan fingerprint density at radius 1 is 1.26 bits per heavy atom. The number of hydrogen-bond donors (Lipinski definition) is 1. The molecule has 1 saturated heterocycles. The molecule has 2 aliphatic rings. The van der Waals surface area contributed by atoms with Crippen LogP contribution in [0, 0.1) is 0 Å². The molecule has 3 rings (SSSR count). The minimum absolute atomic E-state index is 0.574. The second-order valence-corrected chi connectivity index (χ2v) is 6.04. The van der Waals surface area contributed by atoms with Gasteiger partial charge in [0.15, 0.2) is 0 Å². The Kier molecular flexibility index (Phi) is 3.27. The molecule has 0 spiro atoms. The van der Waals surface area contributed by atoms with E-state index in [0.717, 1.165) is 18.7 Å². The van der Waals surface area contributed by atoms with Crippen LogP contribution in [0.5, 0.6) is 0 Å². The van der Waals surface area contributed by atoms with Gasteiger partial charge in [-0.25, -0.2) is 0 Å². The Labute approximate surface area is 118 Å². The number of aliphatic carboxylic acids is 1. The number of rotatable bonds is 3. The summed E-state index contributed by atoms with van der Waals surface area (Å²) in [6, 6.07) is 8.08.